The summed E-state index contributed by atoms with van der Waals surface area (Å²) < 4.78 is 1.08. The quantitative estimate of drug-likeness (QED) is 0.728. The maximum atomic E-state index is 12.1. The Morgan fingerprint density at radius 2 is 2.00 bits per heavy atom. The number of amides is 1. The number of thiazole rings is 1. The van der Waals surface area contributed by atoms with Gasteiger partial charge < -0.3 is 11.1 Å². The Hall–Kier alpha value is -2.40. The minimum Gasteiger partial charge on any atom is -0.399 e. The zero-order chi connectivity index (χ0) is 14.8. The van der Waals surface area contributed by atoms with Gasteiger partial charge in [0.05, 0.1) is 21.6 Å². The van der Waals surface area contributed by atoms with Crippen LogP contribution in [0, 0.1) is 6.92 Å². The molecule has 0 aliphatic carbocycles. The van der Waals surface area contributed by atoms with Crippen molar-refractivity contribution in [2.45, 2.75) is 13.3 Å². The molecule has 3 N–H and O–H groups in total. The fourth-order valence-electron chi connectivity index (χ4n) is 2.14. The van der Waals surface area contributed by atoms with Crippen LogP contribution in [0.15, 0.2) is 42.5 Å². The molecule has 0 saturated carbocycles. The number of nitrogen functional groups attached to an aromatic ring is 1. The first kappa shape index (κ1) is 13.6. The molecule has 1 heterocycles. The number of hydrogen-bond acceptors (Lipinski definition) is 4. The number of nitrogens with two attached hydrogens (primary N) is 1. The Morgan fingerprint density at radius 3 is 2.76 bits per heavy atom. The number of nitrogens with zero attached hydrogens (tertiary/aromatic N) is 1. The van der Waals surface area contributed by atoms with Gasteiger partial charge in [0, 0.05) is 11.4 Å². The number of aryl methyl sites for hydroxylation is 1. The molecule has 3 rings (SSSR count). The van der Waals surface area contributed by atoms with Crippen LogP contribution in [0.25, 0.3) is 10.2 Å². The van der Waals surface area contributed by atoms with Crippen LogP contribution in [0.3, 0.4) is 0 Å². The summed E-state index contributed by atoms with van der Waals surface area (Å²) in [5.41, 5.74) is 9.04. The third-order valence-corrected chi connectivity index (χ3v) is 4.06. The van der Waals surface area contributed by atoms with Crippen LogP contribution >= 0.6 is 11.3 Å². The Bertz CT molecular complexity index is 793. The van der Waals surface area contributed by atoms with Gasteiger partial charge in [-0.1, -0.05) is 12.1 Å². The monoisotopic (exact) mass is 297 g/mol. The lowest BCUT2D eigenvalue weighted by Gasteiger charge is -2.05. The first-order valence-corrected chi connectivity index (χ1v) is 7.43. The summed E-state index contributed by atoms with van der Waals surface area (Å²) in [6, 6.07) is 13.1. The minimum atomic E-state index is -0.0413. The van der Waals surface area contributed by atoms with Gasteiger partial charge in [-0.15, -0.1) is 11.3 Å². The molecule has 0 saturated heterocycles. The number of aromatic nitrogens is 1. The molecule has 0 bridgehead atoms. The van der Waals surface area contributed by atoms with E-state index in [2.05, 4.69) is 10.3 Å². The van der Waals surface area contributed by atoms with Crippen LogP contribution in [0.5, 0.6) is 0 Å². The summed E-state index contributed by atoms with van der Waals surface area (Å²) >= 11 is 1.62. The van der Waals surface area contributed by atoms with Crippen LogP contribution in [0.4, 0.5) is 11.4 Å². The summed E-state index contributed by atoms with van der Waals surface area (Å²) in [7, 11) is 0. The van der Waals surface area contributed by atoms with Gasteiger partial charge in [-0.25, -0.2) is 4.98 Å². The molecule has 0 aliphatic rings. The van der Waals surface area contributed by atoms with Gasteiger partial charge in [0.25, 0.3) is 0 Å². The zero-order valence-corrected chi connectivity index (χ0v) is 12.4. The normalized spacial score (nSPS) is 10.7. The SMILES string of the molecule is Cc1nc2ccc(NC(=O)Cc3ccc(N)cc3)cc2s1. The Labute approximate surface area is 126 Å². The van der Waals surface area contributed by atoms with Crippen LogP contribution in [0.2, 0.25) is 0 Å². The van der Waals surface area contributed by atoms with Crippen molar-refractivity contribution < 1.29 is 4.79 Å². The van der Waals surface area contributed by atoms with E-state index in [9.17, 15) is 4.79 Å². The number of carbonyl (C=O) groups is 1. The Balaban J connectivity index is 1.71. The van der Waals surface area contributed by atoms with E-state index in [4.69, 9.17) is 5.73 Å². The predicted molar refractivity (Wildman–Crippen MR) is 87.5 cm³/mol. The fourth-order valence-corrected chi connectivity index (χ4v) is 3.01. The molecule has 1 aromatic heterocycles. The van der Waals surface area contributed by atoms with E-state index >= 15 is 0 Å². The first-order valence-electron chi connectivity index (χ1n) is 6.61. The molecule has 0 radical (unpaired) electrons. The van der Waals surface area contributed by atoms with Crippen molar-refractivity contribution >= 4 is 38.8 Å². The second-order valence-electron chi connectivity index (χ2n) is 4.88. The van der Waals surface area contributed by atoms with E-state index in [0.29, 0.717) is 12.1 Å². The number of nitrogens with one attached hydrogen (secondary N) is 1. The summed E-state index contributed by atoms with van der Waals surface area (Å²) in [6.45, 7) is 1.98. The molecule has 5 heteroatoms. The summed E-state index contributed by atoms with van der Waals surface area (Å²) in [5, 5.41) is 3.94. The highest BCUT2D eigenvalue weighted by molar-refractivity contribution is 7.18. The van der Waals surface area contributed by atoms with E-state index in [-0.39, 0.29) is 5.91 Å². The number of hydrogen-bond donors (Lipinski definition) is 2. The molecule has 0 spiro atoms. The van der Waals surface area contributed by atoms with Gasteiger partial charge >= 0.3 is 0 Å². The van der Waals surface area contributed by atoms with Crippen LogP contribution in [-0.2, 0) is 11.2 Å². The molecule has 106 valence electrons. The van der Waals surface area contributed by atoms with Crippen LogP contribution < -0.4 is 11.1 Å². The van der Waals surface area contributed by atoms with Crippen molar-refractivity contribution in [2.24, 2.45) is 0 Å². The molecular weight excluding hydrogens is 282 g/mol. The minimum absolute atomic E-state index is 0.0413. The number of benzene rings is 2. The fraction of sp³-hybridized carbons (Fsp3) is 0.125. The van der Waals surface area contributed by atoms with Gasteiger partial charge in [0.2, 0.25) is 5.91 Å². The standard InChI is InChI=1S/C16H15N3OS/c1-10-18-14-7-6-13(9-15(14)21-10)19-16(20)8-11-2-4-12(17)5-3-11/h2-7,9H,8,17H2,1H3,(H,19,20). The number of carbonyl (C=O) groups excluding carboxylic acids is 1. The van der Waals surface area contributed by atoms with Crippen molar-refractivity contribution in [3.05, 3.63) is 53.0 Å². The molecule has 3 aromatic rings. The predicted octanol–water partition coefficient (Wildman–Crippen LogP) is 3.37. The highest BCUT2D eigenvalue weighted by Crippen LogP contribution is 2.24. The molecule has 4 nitrogen and oxygen atoms in total. The first-order chi connectivity index (χ1) is 10.1. The lowest BCUT2D eigenvalue weighted by molar-refractivity contribution is -0.115. The maximum Gasteiger partial charge on any atom is 0.228 e. The van der Waals surface area contributed by atoms with E-state index in [1.54, 1.807) is 23.5 Å². The van der Waals surface area contributed by atoms with Gasteiger partial charge in [-0.3, -0.25) is 4.79 Å². The van der Waals surface area contributed by atoms with E-state index in [1.807, 2.05) is 37.3 Å². The van der Waals surface area contributed by atoms with Crippen molar-refractivity contribution in [3.63, 3.8) is 0 Å². The van der Waals surface area contributed by atoms with Gasteiger partial charge in [0.1, 0.15) is 0 Å². The second-order valence-corrected chi connectivity index (χ2v) is 6.12. The number of rotatable bonds is 3. The molecule has 0 atom stereocenters. The third-order valence-electron chi connectivity index (χ3n) is 3.12. The van der Waals surface area contributed by atoms with E-state index in [0.717, 1.165) is 26.5 Å². The number of anilines is 2. The highest BCUT2D eigenvalue weighted by atomic mass is 32.1. The smallest absolute Gasteiger partial charge is 0.228 e. The number of fused-ring (bicyclic) bond motifs is 1. The maximum absolute atomic E-state index is 12.1. The molecule has 21 heavy (non-hydrogen) atoms. The second kappa shape index (κ2) is 5.54. The van der Waals surface area contributed by atoms with Gasteiger partial charge in [0.15, 0.2) is 0 Å². The van der Waals surface area contributed by atoms with Crippen molar-refractivity contribution in [3.8, 4) is 0 Å². The topological polar surface area (TPSA) is 68.0 Å². The van der Waals surface area contributed by atoms with E-state index < -0.39 is 0 Å². The van der Waals surface area contributed by atoms with Crippen molar-refractivity contribution in [2.75, 3.05) is 11.1 Å². The Morgan fingerprint density at radius 1 is 1.24 bits per heavy atom. The summed E-state index contributed by atoms with van der Waals surface area (Å²) in [5.74, 6) is -0.0413. The average molecular weight is 297 g/mol. The van der Waals surface area contributed by atoms with Crippen molar-refractivity contribution in [1.29, 1.82) is 0 Å². The van der Waals surface area contributed by atoms with Crippen molar-refractivity contribution in [1.82, 2.24) is 4.98 Å². The largest absolute Gasteiger partial charge is 0.399 e. The molecule has 0 unspecified atom stereocenters. The lowest BCUT2D eigenvalue weighted by atomic mass is 10.1. The lowest BCUT2D eigenvalue weighted by Crippen LogP contribution is -2.14. The molecule has 2 aromatic carbocycles. The van der Waals surface area contributed by atoms with E-state index in [1.165, 1.54) is 0 Å². The summed E-state index contributed by atoms with van der Waals surface area (Å²) in [4.78, 5) is 16.5. The molecule has 1 amide bonds. The average Bonchev–Trinajstić information content (AvgIpc) is 2.80. The molecule has 0 fully saturated rings. The third kappa shape index (κ3) is 3.20. The van der Waals surface area contributed by atoms with Gasteiger partial charge in [-0.05, 0) is 42.8 Å². The zero-order valence-electron chi connectivity index (χ0n) is 11.6. The van der Waals surface area contributed by atoms with Crippen LogP contribution in [-0.4, -0.2) is 10.9 Å². The Kier molecular flexibility index (Phi) is 3.58. The highest BCUT2D eigenvalue weighted by Gasteiger charge is 2.06. The van der Waals surface area contributed by atoms with Crippen LogP contribution in [0.1, 0.15) is 10.6 Å². The summed E-state index contributed by atoms with van der Waals surface area (Å²) in [6.07, 6.45) is 0.333. The van der Waals surface area contributed by atoms with Gasteiger partial charge in [-0.2, -0.15) is 0 Å². The molecular formula is C16H15N3OS. The molecule has 0 aliphatic heterocycles.